The van der Waals surface area contributed by atoms with Gasteiger partial charge in [0.2, 0.25) is 5.91 Å². The molecule has 0 saturated heterocycles. The Morgan fingerprint density at radius 2 is 1.79 bits per heavy atom. The summed E-state index contributed by atoms with van der Waals surface area (Å²) in [5.74, 6) is 0.0973. The second kappa shape index (κ2) is 8.61. The molecule has 0 aliphatic rings. The van der Waals surface area contributed by atoms with Gasteiger partial charge >= 0.3 is 0 Å². The Morgan fingerprint density at radius 1 is 1.11 bits per heavy atom. The maximum Gasteiger partial charge on any atom is 0.230 e. The minimum Gasteiger partial charge on any atom is -0.351 e. The van der Waals surface area contributed by atoms with E-state index >= 15 is 0 Å². The van der Waals surface area contributed by atoms with Crippen LogP contribution in [0.1, 0.15) is 26.3 Å². The van der Waals surface area contributed by atoms with Crippen molar-refractivity contribution in [2.45, 2.75) is 32.1 Å². The van der Waals surface area contributed by atoms with E-state index in [0.29, 0.717) is 12.3 Å². The Kier molecular flexibility index (Phi) is 6.19. The van der Waals surface area contributed by atoms with E-state index in [2.05, 4.69) is 31.2 Å². The summed E-state index contributed by atoms with van der Waals surface area (Å²) in [4.78, 5) is 12.2. The quantitative estimate of drug-likeness (QED) is 0.648. The van der Waals surface area contributed by atoms with Crippen LogP contribution in [0.4, 0.5) is 4.39 Å². The molecule has 1 N–H and O–H groups in total. The fourth-order valence-corrected chi connectivity index (χ4v) is 3.30. The van der Waals surface area contributed by atoms with E-state index in [-0.39, 0.29) is 16.5 Å². The Hall–Kier alpha value is -2.60. The lowest BCUT2D eigenvalue weighted by molar-refractivity contribution is -0.118. The minimum absolute atomic E-state index is 0.0163. The van der Waals surface area contributed by atoms with Crippen molar-refractivity contribution >= 4 is 17.7 Å². The number of amides is 1. The first-order chi connectivity index (χ1) is 13.3. The molecule has 1 heterocycles. The molecule has 4 nitrogen and oxygen atoms in total. The highest BCUT2D eigenvalue weighted by molar-refractivity contribution is 8.01. The number of thioether (sulfide) groups is 1. The normalized spacial score (nSPS) is 11.4. The monoisotopic (exact) mass is 397 g/mol. The van der Waals surface area contributed by atoms with Crippen LogP contribution < -0.4 is 5.32 Å². The van der Waals surface area contributed by atoms with Crippen molar-refractivity contribution in [2.75, 3.05) is 5.75 Å². The van der Waals surface area contributed by atoms with Gasteiger partial charge in [-0.05, 0) is 36.4 Å². The fraction of sp³-hybridized carbons (Fsp3) is 0.273. The summed E-state index contributed by atoms with van der Waals surface area (Å²) >= 11 is 1.61. The molecular formula is C22H24FN3OS. The molecule has 0 spiro atoms. The van der Waals surface area contributed by atoms with E-state index in [9.17, 15) is 9.18 Å². The first-order valence-corrected chi connectivity index (χ1v) is 10.1. The largest absolute Gasteiger partial charge is 0.351 e. The molecule has 0 aliphatic heterocycles. The Labute approximate surface area is 169 Å². The lowest BCUT2D eigenvalue weighted by atomic mass is 10.1. The Balaban J connectivity index is 1.83. The van der Waals surface area contributed by atoms with Crippen LogP contribution in [0.5, 0.6) is 0 Å². The molecule has 0 bridgehead atoms. The molecule has 6 heteroatoms. The van der Waals surface area contributed by atoms with E-state index in [0.717, 1.165) is 22.5 Å². The van der Waals surface area contributed by atoms with Crippen LogP contribution in [0.25, 0.3) is 16.9 Å². The van der Waals surface area contributed by atoms with Crippen LogP contribution in [-0.4, -0.2) is 26.2 Å². The van der Waals surface area contributed by atoms with Gasteiger partial charge in [0.05, 0.1) is 17.1 Å². The summed E-state index contributed by atoms with van der Waals surface area (Å²) in [5, 5.41) is 7.65. The minimum atomic E-state index is -0.291. The number of nitrogens with zero attached hydrogens (tertiary/aromatic N) is 2. The van der Waals surface area contributed by atoms with E-state index in [1.807, 2.05) is 36.5 Å². The first-order valence-electron chi connectivity index (χ1n) is 9.12. The molecule has 1 aromatic heterocycles. The van der Waals surface area contributed by atoms with Gasteiger partial charge in [-0.3, -0.25) is 4.79 Å². The molecular weight excluding hydrogens is 373 g/mol. The molecule has 3 aromatic rings. The van der Waals surface area contributed by atoms with Gasteiger partial charge < -0.3 is 5.32 Å². The highest BCUT2D eigenvalue weighted by atomic mass is 32.2. The number of benzene rings is 2. The maximum atomic E-state index is 13.3. The molecule has 0 aliphatic carbocycles. The van der Waals surface area contributed by atoms with Crippen LogP contribution in [0.3, 0.4) is 0 Å². The third-order valence-electron chi connectivity index (χ3n) is 4.04. The van der Waals surface area contributed by atoms with Crippen molar-refractivity contribution in [3.63, 3.8) is 0 Å². The van der Waals surface area contributed by atoms with Gasteiger partial charge in [0.1, 0.15) is 5.82 Å². The smallest absolute Gasteiger partial charge is 0.230 e. The maximum absolute atomic E-state index is 13.3. The molecule has 3 rings (SSSR count). The Morgan fingerprint density at radius 3 is 2.43 bits per heavy atom. The topological polar surface area (TPSA) is 46.9 Å². The number of para-hydroxylation sites is 1. The zero-order valence-electron chi connectivity index (χ0n) is 16.3. The van der Waals surface area contributed by atoms with Crippen molar-refractivity contribution in [3.8, 4) is 16.9 Å². The van der Waals surface area contributed by atoms with Gasteiger partial charge in [0.15, 0.2) is 0 Å². The van der Waals surface area contributed by atoms with Gasteiger partial charge in [-0.1, -0.05) is 39.0 Å². The van der Waals surface area contributed by atoms with Crippen molar-refractivity contribution in [3.05, 3.63) is 72.2 Å². The third kappa shape index (κ3) is 5.45. The van der Waals surface area contributed by atoms with Crippen LogP contribution in [0.15, 0.2) is 60.8 Å². The SMILES string of the molecule is CC(C)(C)SCC(=O)NCc1cn(-c2ccccc2)nc1-c1ccc(F)cc1. The number of rotatable bonds is 6. The molecule has 1 amide bonds. The molecule has 28 heavy (non-hydrogen) atoms. The first kappa shape index (κ1) is 20.1. The lowest BCUT2D eigenvalue weighted by Crippen LogP contribution is -2.26. The van der Waals surface area contributed by atoms with Crippen LogP contribution in [-0.2, 0) is 11.3 Å². The zero-order valence-corrected chi connectivity index (χ0v) is 17.1. The van der Waals surface area contributed by atoms with Crippen molar-refractivity contribution in [1.82, 2.24) is 15.1 Å². The molecule has 0 fully saturated rings. The van der Waals surface area contributed by atoms with Gasteiger partial charge in [-0.15, -0.1) is 11.8 Å². The number of carbonyl (C=O) groups is 1. The Bertz CT molecular complexity index is 931. The summed E-state index contributed by atoms with van der Waals surface area (Å²) in [5.41, 5.74) is 3.34. The van der Waals surface area contributed by atoms with Crippen molar-refractivity contribution < 1.29 is 9.18 Å². The summed E-state index contributed by atoms with van der Waals surface area (Å²) in [6.45, 7) is 6.62. The summed E-state index contributed by atoms with van der Waals surface area (Å²) in [6.07, 6.45) is 1.91. The predicted molar refractivity (Wildman–Crippen MR) is 113 cm³/mol. The van der Waals surface area contributed by atoms with Crippen LogP contribution in [0.2, 0.25) is 0 Å². The van der Waals surface area contributed by atoms with Crippen molar-refractivity contribution in [1.29, 1.82) is 0 Å². The second-order valence-electron chi connectivity index (χ2n) is 7.47. The summed E-state index contributed by atoms with van der Waals surface area (Å²) < 4.78 is 15.1. The van der Waals surface area contributed by atoms with Gasteiger partial charge in [-0.25, -0.2) is 9.07 Å². The summed E-state index contributed by atoms with van der Waals surface area (Å²) in [7, 11) is 0. The number of hydrogen-bond donors (Lipinski definition) is 1. The highest BCUT2D eigenvalue weighted by Crippen LogP contribution is 2.25. The van der Waals surface area contributed by atoms with Crippen LogP contribution in [0, 0.1) is 5.82 Å². The lowest BCUT2D eigenvalue weighted by Gasteiger charge is -2.16. The molecule has 0 atom stereocenters. The average Bonchev–Trinajstić information content (AvgIpc) is 3.10. The summed E-state index contributed by atoms with van der Waals surface area (Å²) in [6, 6.07) is 16.0. The molecule has 0 unspecified atom stereocenters. The second-order valence-corrected chi connectivity index (χ2v) is 9.27. The standard InChI is InChI=1S/C22H24FN3OS/c1-22(2,3)28-15-20(27)24-13-17-14-26(19-7-5-4-6-8-19)25-21(17)16-9-11-18(23)12-10-16/h4-12,14H,13,15H2,1-3H3,(H,24,27). The van der Waals surface area contributed by atoms with E-state index in [1.54, 1.807) is 28.6 Å². The van der Waals surface area contributed by atoms with E-state index < -0.39 is 0 Å². The van der Waals surface area contributed by atoms with Crippen LogP contribution >= 0.6 is 11.8 Å². The van der Waals surface area contributed by atoms with Gasteiger partial charge in [-0.2, -0.15) is 5.10 Å². The number of carbonyl (C=O) groups excluding carboxylic acids is 1. The number of aromatic nitrogens is 2. The van der Waals surface area contributed by atoms with E-state index in [1.165, 1.54) is 12.1 Å². The third-order valence-corrected chi connectivity index (χ3v) is 5.31. The fourth-order valence-electron chi connectivity index (χ4n) is 2.63. The predicted octanol–water partition coefficient (Wildman–Crippen LogP) is 4.83. The molecule has 0 saturated carbocycles. The highest BCUT2D eigenvalue weighted by Gasteiger charge is 2.16. The van der Waals surface area contributed by atoms with Gasteiger partial charge in [0, 0.05) is 28.6 Å². The van der Waals surface area contributed by atoms with E-state index in [4.69, 9.17) is 0 Å². The van der Waals surface area contributed by atoms with Gasteiger partial charge in [0.25, 0.3) is 0 Å². The number of halogens is 1. The van der Waals surface area contributed by atoms with Crippen molar-refractivity contribution in [2.24, 2.45) is 0 Å². The number of nitrogens with one attached hydrogen (secondary N) is 1. The molecule has 2 aromatic carbocycles. The molecule has 0 radical (unpaired) electrons. The number of hydrogen-bond acceptors (Lipinski definition) is 3. The zero-order chi connectivity index (χ0) is 20.1. The molecule has 146 valence electrons. The average molecular weight is 398 g/mol.